The second-order valence-corrected chi connectivity index (χ2v) is 6.69. The predicted octanol–water partition coefficient (Wildman–Crippen LogP) is 0.326. The molecular weight excluding hydrogens is 234 g/mol. The molecule has 0 bridgehead atoms. The van der Waals surface area contributed by atoms with Gasteiger partial charge in [0.2, 0.25) is 5.91 Å². The summed E-state index contributed by atoms with van der Waals surface area (Å²) >= 11 is 0. The van der Waals surface area contributed by atoms with E-state index in [4.69, 9.17) is 5.11 Å². The van der Waals surface area contributed by atoms with Crippen molar-refractivity contribution in [3.05, 3.63) is 0 Å². The molecule has 100 valence electrons. The zero-order valence-corrected chi connectivity index (χ0v) is 10.7. The molecule has 0 spiro atoms. The second-order valence-electron chi connectivity index (χ2n) is 6.69. The zero-order valence-electron chi connectivity index (χ0n) is 10.7. The minimum Gasteiger partial charge on any atom is -0.481 e. The highest BCUT2D eigenvalue weighted by atomic mass is 16.4. The molecule has 2 N–H and O–H groups in total. The van der Waals surface area contributed by atoms with Crippen LogP contribution in [-0.2, 0) is 9.59 Å². The summed E-state index contributed by atoms with van der Waals surface area (Å²) in [5, 5.41) is 19.2. The molecule has 1 heterocycles. The van der Waals surface area contributed by atoms with E-state index in [-0.39, 0.29) is 5.91 Å². The summed E-state index contributed by atoms with van der Waals surface area (Å²) in [6.07, 6.45) is 2.09. The third-order valence-electron chi connectivity index (χ3n) is 4.94. The van der Waals surface area contributed by atoms with E-state index in [9.17, 15) is 14.7 Å². The van der Waals surface area contributed by atoms with E-state index >= 15 is 0 Å². The molecule has 0 radical (unpaired) electrons. The fraction of sp³-hybridized carbons (Fsp3) is 0.846. The molecule has 3 fully saturated rings. The van der Waals surface area contributed by atoms with Crippen molar-refractivity contribution in [2.24, 2.45) is 23.2 Å². The lowest BCUT2D eigenvalue weighted by molar-refractivity contribution is -0.162. The van der Waals surface area contributed by atoms with Crippen molar-refractivity contribution in [2.75, 3.05) is 13.1 Å². The molecule has 0 aromatic heterocycles. The topological polar surface area (TPSA) is 77.8 Å². The van der Waals surface area contributed by atoms with Gasteiger partial charge in [0, 0.05) is 0 Å². The van der Waals surface area contributed by atoms with Crippen LogP contribution in [0.1, 0.15) is 26.7 Å². The smallest absolute Gasteiger partial charge is 0.307 e. The third-order valence-corrected chi connectivity index (χ3v) is 4.94. The van der Waals surface area contributed by atoms with Crippen molar-refractivity contribution < 1.29 is 19.8 Å². The third kappa shape index (κ3) is 1.49. The lowest BCUT2D eigenvalue weighted by Gasteiger charge is -2.47. The van der Waals surface area contributed by atoms with Crippen molar-refractivity contribution in [2.45, 2.75) is 32.3 Å². The molecule has 1 amide bonds. The highest BCUT2D eigenvalue weighted by Crippen LogP contribution is 2.59. The fourth-order valence-electron chi connectivity index (χ4n) is 3.41. The predicted molar refractivity (Wildman–Crippen MR) is 62.7 cm³/mol. The van der Waals surface area contributed by atoms with Crippen molar-refractivity contribution in [1.29, 1.82) is 0 Å². The standard InChI is InChI=1S/C13H19NO4/c1-12(2)8(9(12)11(16)17)10(15)14-5-13(18,6-14)7-3-4-7/h7-9,18H,3-6H2,1-2H3,(H,16,17). The van der Waals surface area contributed by atoms with E-state index in [1.807, 2.05) is 13.8 Å². The Kier molecular flexibility index (Phi) is 2.17. The van der Waals surface area contributed by atoms with Crippen LogP contribution in [0.5, 0.6) is 0 Å². The summed E-state index contributed by atoms with van der Waals surface area (Å²) < 4.78 is 0. The van der Waals surface area contributed by atoms with Crippen LogP contribution in [0, 0.1) is 23.2 Å². The van der Waals surface area contributed by atoms with Gasteiger partial charge in [-0.2, -0.15) is 0 Å². The quantitative estimate of drug-likeness (QED) is 0.759. The number of hydrogen-bond donors (Lipinski definition) is 2. The first kappa shape index (κ1) is 12.0. The van der Waals surface area contributed by atoms with E-state index in [1.54, 1.807) is 4.90 Å². The van der Waals surface area contributed by atoms with E-state index in [0.29, 0.717) is 19.0 Å². The number of amides is 1. The number of rotatable bonds is 3. The van der Waals surface area contributed by atoms with Crippen LogP contribution in [0.2, 0.25) is 0 Å². The van der Waals surface area contributed by atoms with E-state index in [2.05, 4.69) is 0 Å². The van der Waals surface area contributed by atoms with Gasteiger partial charge in [0.15, 0.2) is 0 Å². The van der Waals surface area contributed by atoms with Crippen LogP contribution in [0.4, 0.5) is 0 Å². The van der Waals surface area contributed by atoms with E-state index in [1.165, 1.54) is 0 Å². The highest BCUT2D eigenvalue weighted by molar-refractivity contribution is 5.92. The van der Waals surface area contributed by atoms with Crippen molar-refractivity contribution >= 4 is 11.9 Å². The number of carbonyl (C=O) groups is 2. The Morgan fingerprint density at radius 1 is 1.17 bits per heavy atom. The molecule has 1 saturated heterocycles. The largest absolute Gasteiger partial charge is 0.481 e. The minimum absolute atomic E-state index is 0.0993. The number of likely N-dealkylation sites (tertiary alicyclic amines) is 1. The molecule has 18 heavy (non-hydrogen) atoms. The Labute approximate surface area is 106 Å². The van der Waals surface area contributed by atoms with Gasteiger partial charge in [0.05, 0.1) is 24.9 Å². The van der Waals surface area contributed by atoms with Crippen molar-refractivity contribution in [3.8, 4) is 0 Å². The van der Waals surface area contributed by atoms with Gasteiger partial charge >= 0.3 is 5.97 Å². The van der Waals surface area contributed by atoms with Crippen LogP contribution < -0.4 is 0 Å². The average Bonchev–Trinajstić information content (AvgIpc) is 3.06. The molecule has 2 unspecified atom stereocenters. The van der Waals surface area contributed by atoms with Gasteiger partial charge in [-0.3, -0.25) is 9.59 Å². The molecule has 3 aliphatic rings. The molecule has 2 atom stereocenters. The van der Waals surface area contributed by atoms with Crippen LogP contribution in [0.15, 0.2) is 0 Å². The maximum atomic E-state index is 12.2. The molecule has 0 aromatic rings. The van der Waals surface area contributed by atoms with Crippen LogP contribution >= 0.6 is 0 Å². The Morgan fingerprint density at radius 2 is 1.72 bits per heavy atom. The molecule has 0 aromatic carbocycles. The summed E-state index contributed by atoms with van der Waals surface area (Å²) in [6, 6.07) is 0. The Hall–Kier alpha value is -1.10. The van der Waals surface area contributed by atoms with Crippen molar-refractivity contribution in [1.82, 2.24) is 4.90 Å². The van der Waals surface area contributed by atoms with Gasteiger partial charge in [0.25, 0.3) is 0 Å². The van der Waals surface area contributed by atoms with Gasteiger partial charge in [-0.05, 0) is 24.2 Å². The number of aliphatic hydroxyl groups is 1. The van der Waals surface area contributed by atoms with Gasteiger partial charge in [-0.15, -0.1) is 0 Å². The molecule has 5 nitrogen and oxygen atoms in total. The maximum absolute atomic E-state index is 12.2. The molecule has 1 aliphatic heterocycles. The molecular formula is C13H19NO4. The van der Waals surface area contributed by atoms with Crippen LogP contribution in [0.25, 0.3) is 0 Å². The summed E-state index contributed by atoms with van der Waals surface area (Å²) in [5.74, 6) is -1.63. The molecule has 2 aliphatic carbocycles. The van der Waals surface area contributed by atoms with Crippen LogP contribution in [0.3, 0.4) is 0 Å². The zero-order chi connectivity index (χ0) is 13.3. The highest BCUT2D eigenvalue weighted by Gasteiger charge is 2.68. The lowest BCUT2D eigenvalue weighted by atomic mass is 9.88. The summed E-state index contributed by atoms with van der Waals surface area (Å²) in [5.41, 5.74) is -1.14. The SMILES string of the molecule is CC1(C)C(C(=O)O)C1C(=O)N1CC(O)(C2CC2)C1. The van der Waals surface area contributed by atoms with Crippen molar-refractivity contribution in [3.63, 3.8) is 0 Å². The van der Waals surface area contributed by atoms with E-state index < -0.39 is 28.8 Å². The lowest BCUT2D eigenvalue weighted by Crippen LogP contribution is -2.65. The first-order valence-corrected chi connectivity index (χ1v) is 6.51. The van der Waals surface area contributed by atoms with Gasteiger partial charge in [-0.1, -0.05) is 13.8 Å². The normalized spacial score (nSPS) is 35.8. The Balaban J connectivity index is 1.62. The molecule has 2 saturated carbocycles. The summed E-state index contributed by atoms with van der Waals surface area (Å²) in [4.78, 5) is 24.9. The Bertz CT molecular complexity index is 421. The van der Waals surface area contributed by atoms with Gasteiger partial charge < -0.3 is 15.1 Å². The molecule has 5 heteroatoms. The first-order chi connectivity index (χ1) is 8.27. The summed E-state index contributed by atoms with van der Waals surface area (Å²) in [6.45, 7) is 4.41. The Morgan fingerprint density at radius 3 is 2.11 bits per heavy atom. The summed E-state index contributed by atoms with van der Waals surface area (Å²) in [7, 11) is 0. The first-order valence-electron chi connectivity index (χ1n) is 6.51. The maximum Gasteiger partial charge on any atom is 0.307 e. The number of carboxylic acid groups (broad SMARTS) is 1. The fourth-order valence-corrected chi connectivity index (χ4v) is 3.41. The molecule has 3 rings (SSSR count). The number of nitrogens with zero attached hydrogens (tertiary/aromatic N) is 1. The number of carbonyl (C=O) groups excluding carboxylic acids is 1. The number of β-amino-alcohol motifs (C(OH)–C–C–N with tert-alkyl or cyclic N) is 1. The monoisotopic (exact) mass is 253 g/mol. The van der Waals surface area contributed by atoms with E-state index in [0.717, 1.165) is 12.8 Å². The second kappa shape index (κ2) is 3.26. The minimum atomic E-state index is -0.892. The van der Waals surface area contributed by atoms with Gasteiger partial charge in [0.1, 0.15) is 5.60 Å². The number of hydrogen-bond acceptors (Lipinski definition) is 3. The average molecular weight is 253 g/mol. The van der Waals surface area contributed by atoms with Crippen LogP contribution in [-0.4, -0.2) is 45.7 Å². The van der Waals surface area contributed by atoms with Gasteiger partial charge in [-0.25, -0.2) is 0 Å². The number of aliphatic carboxylic acids is 1. The number of carboxylic acids is 1.